The monoisotopic (exact) mass is 466 g/mol. The standard InChI is InChI=1S/C24H22N2O4S2/c1-16-10-12-19(13-11-16)32(29,30)26-24-23(20-8-3-4-9-22(20)25-24)21(15-31(26,27)28)18-7-5-6-17(2)14-18/h3-14,21,25H,15H2,1-2H3. The van der Waals surface area contributed by atoms with Crippen LogP contribution < -0.4 is 3.71 Å². The van der Waals surface area contributed by atoms with Crippen molar-refractivity contribution < 1.29 is 16.8 Å². The largest absolute Gasteiger partial charge is 0.339 e. The van der Waals surface area contributed by atoms with Crippen molar-refractivity contribution >= 4 is 36.8 Å². The number of nitrogens with one attached hydrogen (secondary N) is 1. The molecule has 4 aromatic rings. The summed E-state index contributed by atoms with van der Waals surface area (Å²) in [6.45, 7) is 3.79. The third kappa shape index (κ3) is 3.22. The van der Waals surface area contributed by atoms with E-state index in [0.717, 1.165) is 22.1 Å². The van der Waals surface area contributed by atoms with Gasteiger partial charge in [-0.25, -0.2) is 8.42 Å². The lowest BCUT2D eigenvalue weighted by molar-refractivity contribution is 0.579. The van der Waals surface area contributed by atoms with E-state index in [4.69, 9.17) is 0 Å². The number of benzene rings is 3. The van der Waals surface area contributed by atoms with Gasteiger partial charge in [-0.15, -0.1) is 3.71 Å². The SMILES string of the molecule is Cc1ccc(S(=O)(=O)N2c3[nH]c4ccccc4c3C(c3cccc(C)c3)CS2(=O)=O)cc1. The Balaban J connectivity index is 1.80. The van der Waals surface area contributed by atoms with Gasteiger partial charge in [-0.1, -0.05) is 65.7 Å². The van der Waals surface area contributed by atoms with E-state index in [0.29, 0.717) is 14.8 Å². The molecular formula is C24H22N2O4S2. The van der Waals surface area contributed by atoms with Crippen LogP contribution in [0.2, 0.25) is 0 Å². The second-order valence-electron chi connectivity index (χ2n) is 8.19. The smallest absolute Gasteiger partial charge is 0.278 e. The van der Waals surface area contributed by atoms with Crippen molar-refractivity contribution in [2.24, 2.45) is 0 Å². The predicted molar refractivity (Wildman–Crippen MR) is 126 cm³/mol. The minimum absolute atomic E-state index is 0.0645. The van der Waals surface area contributed by atoms with E-state index in [1.54, 1.807) is 12.1 Å². The zero-order valence-electron chi connectivity index (χ0n) is 17.6. The molecule has 0 amide bonds. The second-order valence-corrected chi connectivity index (χ2v) is 12.1. The molecule has 164 valence electrons. The fourth-order valence-corrected chi connectivity index (χ4v) is 8.40. The number of hydrogen-bond acceptors (Lipinski definition) is 4. The number of anilines is 1. The van der Waals surface area contributed by atoms with Crippen molar-refractivity contribution in [3.05, 3.63) is 95.1 Å². The second kappa shape index (κ2) is 7.21. The number of aromatic amines is 1. The summed E-state index contributed by atoms with van der Waals surface area (Å²) in [6.07, 6.45) is 0. The van der Waals surface area contributed by atoms with Crippen LogP contribution in [0, 0.1) is 13.8 Å². The van der Waals surface area contributed by atoms with E-state index in [1.165, 1.54) is 12.1 Å². The Morgan fingerprint density at radius 3 is 2.34 bits per heavy atom. The van der Waals surface area contributed by atoms with Crippen LogP contribution in [0.1, 0.15) is 28.2 Å². The Kier molecular flexibility index (Phi) is 4.69. The number of aromatic nitrogens is 1. The quantitative estimate of drug-likeness (QED) is 0.483. The number of fused-ring (bicyclic) bond motifs is 3. The highest BCUT2D eigenvalue weighted by molar-refractivity contribution is 8.10. The summed E-state index contributed by atoms with van der Waals surface area (Å²) < 4.78 is 54.8. The molecule has 0 fully saturated rings. The van der Waals surface area contributed by atoms with Crippen molar-refractivity contribution in [3.63, 3.8) is 0 Å². The van der Waals surface area contributed by atoms with Gasteiger partial charge >= 0.3 is 0 Å². The van der Waals surface area contributed by atoms with Crippen molar-refractivity contribution in [1.82, 2.24) is 4.98 Å². The van der Waals surface area contributed by atoms with Crippen molar-refractivity contribution in [1.29, 1.82) is 0 Å². The number of sulfonamides is 2. The molecule has 1 unspecified atom stereocenters. The molecule has 32 heavy (non-hydrogen) atoms. The summed E-state index contributed by atoms with van der Waals surface area (Å²) in [7, 11) is -8.54. The number of para-hydroxylation sites is 1. The summed E-state index contributed by atoms with van der Waals surface area (Å²) in [5, 5.41) is 0.813. The lowest BCUT2D eigenvalue weighted by atomic mass is 9.91. The number of H-pyrrole nitrogens is 1. The fraction of sp³-hybridized carbons (Fsp3) is 0.167. The first-order valence-electron chi connectivity index (χ1n) is 10.2. The molecule has 1 aliphatic heterocycles. The van der Waals surface area contributed by atoms with Gasteiger partial charge in [0.05, 0.1) is 10.6 Å². The van der Waals surface area contributed by atoms with Crippen LogP contribution in [0.3, 0.4) is 0 Å². The minimum atomic E-state index is -4.35. The average Bonchev–Trinajstić information content (AvgIpc) is 3.11. The van der Waals surface area contributed by atoms with Crippen molar-refractivity contribution in [2.75, 3.05) is 9.46 Å². The lowest BCUT2D eigenvalue weighted by Gasteiger charge is -2.32. The lowest BCUT2D eigenvalue weighted by Crippen LogP contribution is -2.43. The van der Waals surface area contributed by atoms with E-state index in [2.05, 4.69) is 4.98 Å². The highest BCUT2D eigenvalue weighted by atomic mass is 32.3. The number of rotatable bonds is 3. The molecule has 0 bridgehead atoms. The predicted octanol–water partition coefficient (Wildman–Crippen LogP) is 4.46. The summed E-state index contributed by atoms with van der Waals surface area (Å²) in [6, 6.07) is 21.3. The molecule has 8 heteroatoms. The summed E-state index contributed by atoms with van der Waals surface area (Å²) >= 11 is 0. The number of aryl methyl sites for hydroxylation is 2. The maximum absolute atomic E-state index is 13.6. The molecule has 0 aliphatic carbocycles. The third-order valence-electron chi connectivity index (χ3n) is 5.87. The first kappa shape index (κ1) is 20.8. The number of hydrogen-bond donors (Lipinski definition) is 1. The Labute approximate surface area is 187 Å². The molecule has 1 atom stereocenters. The van der Waals surface area contributed by atoms with Gasteiger partial charge in [0.1, 0.15) is 5.82 Å². The Hall–Kier alpha value is -3.10. The molecule has 1 aromatic heterocycles. The molecule has 0 saturated carbocycles. The first-order chi connectivity index (χ1) is 15.2. The van der Waals surface area contributed by atoms with E-state index < -0.39 is 26.0 Å². The molecule has 1 N–H and O–H groups in total. The normalized spacial score (nSPS) is 17.9. The molecule has 1 aliphatic rings. The molecule has 6 nitrogen and oxygen atoms in total. The van der Waals surface area contributed by atoms with E-state index in [-0.39, 0.29) is 16.5 Å². The van der Waals surface area contributed by atoms with Gasteiger partial charge in [0, 0.05) is 22.4 Å². The first-order valence-corrected chi connectivity index (χ1v) is 13.3. The van der Waals surface area contributed by atoms with Crippen LogP contribution in [-0.2, 0) is 20.0 Å². The molecular weight excluding hydrogens is 444 g/mol. The van der Waals surface area contributed by atoms with Crippen LogP contribution in [0.15, 0.2) is 77.7 Å². The van der Waals surface area contributed by atoms with Gasteiger partial charge in [0.15, 0.2) is 0 Å². The van der Waals surface area contributed by atoms with Gasteiger partial charge in [0.2, 0.25) is 0 Å². The van der Waals surface area contributed by atoms with Gasteiger partial charge in [0.25, 0.3) is 20.0 Å². The van der Waals surface area contributed by atoms with Crippen LogP contribution in [0.4, 0.5) is 5.82 Å². The Morgan fingerprint density at radius 2 is 1.62 bits per heavy atom. The summed E-state index contributed by atoms with van der Waals surface area (Å²) in [5.74, 6) is -0.740. The molecule has 5 rings (SSSR count). The van der Waals surface area contributed by atoms with E-state index in [1.807, 2.05) is 62.4 Å². The van der Waals surface area contributed by atoms with Crippen LogP contribution in [0.25, 0.3) is 10.9 Å². The average molecular weight is 467 g/mol. The minimum Gasteiger partial charge on any atom is -0.339 e. The molecule has 0 radical (unpaired) electrons. The highest BCUT2D eigenvalue weighted by Gasteiger charge is 2.46. The molecule has 3 aromatic carbocycles. The Morgan fingerprint density at radius 1 is 0.906 bits per heavy atom. The van der Waals surface area contributed by atoms with Gasteiger partial charge in [-0.2, -0.15) is 8.42 Å². The zero-order valence-corrected chi connectivity index (χ0v) is 19.2. The van der Waals surface area contributed by atoms with Crippen LogP contribution in [-0.4, -0.2) is 27.6 Å². The third-order valence-corrected chi connectivity index (χ3v) is 10.1. The van der Waals surface area contributed by atoms with Crippen molar-refractivity contribution in [2.45, 2.75) is 24.7 Å². The van der Waals surface area contributed by atoms with Crippen LogP contribution >= 0.6 is 0 Å². The zero-order chi connectivity index (χ0) is 22.7. The fourth-order valence-electron chi connectivity index (χ4n) is 4.37. The van der Waals surface area contributed by atoms with E-state index in [9.17, 15) is 16.8 Å². The van der Waals surface area contributed by atoms with Gasteiger partial charge < -0.3 is 4.98 Å². The van der Waals surface area contributed by atoms with Gasteiger partial charge in [-0.05, 0) is 37.6 Å². The van der Waals surface area contributed by atoms with Gasteiger partial charge in [-0.3, -0.25) is 0 Å². The maximum atomic E-state index is 13.6. The highest BCUT2D eigenvalue weighted by Crippen LogP contribution is 2.46. The molecule has 0 saturated heterocycles. The number of nitrogens with zero attached hydrogens (tertiary/aromatic N) is 1. The van der Waals surface area contributed by atoms with Crippen LogP contribution in [0.5, 0.6) is 0 Å². The molecule has 0 spiro atoms. The molecule has 2 heterocycles. The van der Waals surface area contributed by atoms with Crippen molar-refractivity contribution in [3.8, 4) is 0 Å². The maximum Gasteiger partial charge on any atom is 0.278 e. The summed E-state index contributed by atoms with van der Waals surface area (Å²) in [4.78, 5) is 3.03. The summed E-state index contributed by atoms with van der Waals surface area (Å²) in [5.41, 5.74) is 4.10. The Bertz CT molecular complexity index is 1550. The topological polar surface area (TPSA) is 87.3 Å². The van der Waals surface area contributed by atoms with E-state index >= 15 is 0 Å².